The van der Waals surface area contributed by atoms with Crippen molar-refractivity contribution in [3.8, 4) is 0 Å². The molecule has 1 aliphatic rings. The molecule has 2 aromatic carbocycles. The monoisotopic (exact) mass is 365 g/mol. The second kappa shape index (κ2) is 9.33. The normalized spacial score (nSPS) is 18.0. The molecular formula is C22H27N3O2. The number of piperidine rings is 1. The second-order valence-corrected chi connectivity index (χ2v) is 6.97. The van der Waals surface area contributed by atoms with Crippen LogP contribution in [0.15, 0.2) is 60.7 Å². The molecule has 0 aliphatic carbocycles. The number of likely N-dealkylation sites (N-methyl/N-ethyl adjacent to an activating group) is 1. The van der Waals surface area contributed by atoms with Gasteiger partial charge in [-0.25, -0.2) is 0 Å². The molecule has 0 bridgehead atoms. The Morgan fingerprint density at radius 2 is 1.74 bits per heavy atom. The zero-order chi connectivity index (χ0) is 19.1. The highest BCUT2D eigenvalue weighted by atomic mass is 16.2. The maximum absolute atomic E-state index is 12.9. The average Bonchev–Trinajstić information content (AvgIpc) is 2.74. The average molecular weight is 365 g/mol. The minimum Gasteiger partial charge on any atom is -0.345 e. The molecule has 1 saturated heterocycles. The van der Waals surface area contributed by atoms with Crippen LogP contribution in [0.3, 0.4) is 0 Å². The summed E-state index contributed by atoms with van der Waals surface area (Å²) in [5.41, 5.74) is 1.54. The Bertz CT molecular complexity index is 749. The number of carbonyl (C=O) groups is 2. The Labute approximate surface area is 160 Å². The Hall–Kier alpha value is -2.66. The van der Waals surface area contributed by atoms with Gasteiger partial charge in [-0.05, 0) is 37.6 Å². The summed E-state index contributed by atoms with van der Waals surface area (Å²) in [6.45, 7) is 1.51. The predicted octanol–water partition coefficient (Wildman–Crippen LogP) is 2.76. The molecule has 3 rings (SSSR count). The first-order chi connectivity index (χ1) is 13.2. The van der Waals surface area contributed by atoms with Gasteiger partial charge in [0.05, 0.1) is 12.5 Å². The lowest BCUT2D eigenvalue weighted by atomic mass is 10.0. The molecule has 0 spiro atoms. The van der Waals surface area contributed by atoms with E-state index in [-0.39, 0.29) is 24.3 Å². The lowest BCUT2D eigenvalue weighted by Crippen LogP contribution is -2.47. The number of nitrogens with one attached hydrogen (secondary N) is 2. The fourth-order valence-corrected chi connectivity index (χ4v) is 3.51. The number of hydrogen-bond acceptors (Lipinski definition) is 3. The van der Waals surface area contributed by atoms with Gasteiger partial charge in [0.15, 0.2) is 0 Å². The van der Waals surface area contributed by atoms with Gasteiger partial charge < -0.3 is 15.5 Å². The van der Waals surface area contributed by atoms with E-state index >= 15 is 0 Å². The SMILES string of the molecule is CNC1CCCN(C(=O)CC(NC(=O)c2ccccc2)c2ccccc2)C1. The van der Waals surface area contributed by atoms with Crippen molar-refractivity contribution in [2.24, 2.45) is 0 Å². The number of likely N-dealkylation sites (tertiary alicyclic amines) is 1. The van der Waals surface area contributed by atoms with Crippen LogP contribution < -0.4 is 10.6 Å². The molecule has 2 aromatic rings. The second-order valence-electron chi connectivity index (χ2n) is 6.97. The van der Waals surface area contributed by atoms with Gasteiger partial charge in [0.25, 0.3) is 5.91 Å². The number of rotatable bonds is 6. The van der Waals surface area contributed by atoms with Crippen LogP contribution in [0.1, 0.15) is 41.2 Å². The van der Waals surface area contributed by atoms with Crippen LogP contribution in [0.4, 0.5) is 0 Å². The number of benzene rings is 2. The van der Waals surface area contributed by atoms with Gasteiger partial charge in [-0.15, -0.1) is 0 Å². The molecule has 5 heteroatoms. The standard InChI is InChI=1S/C22H27N3O2/c1-23-19-13-8-14-25(16-19)21(26)15-20(17-9-4-2-5-10-17)24-22(27)18-11-6-3-7-12-18/h2-7,9-12,19-20,23H,8,13-16H2,1H3,(H,24,27). The molecule has 2 atom stereocenters. The third-order valence-corrected chi connectivity index (χ3v) is 5.10. The number of carbonyl (C=O) groups excluding carboxylic acids is 2. The Kier molecular flexibility index (Phi) is 6.60. The summed E-state index contributed by atoms with van der Waals surface area (Å²) in [6, 6.07) is 18.8. The van der Waals surface area contributed by atoms with Crippen LogP contribution in [-0.4, -0.2) is 42.9 Å². The van der Waals surface area contributed by atoms with Gasteiger partial charge in [-0.3, -0.25) is 9.59 Å². The van der Waals surface area contributed by atoms with Crippen molar-refractivity contribution < 1.29 is 9.59 Å². The van der Waals surface area contributed by atoms with E-state index in [0.29, 0.717) is 11.6 Å². The van der Waals surface area contributed by atoms with Gasteiger partial charge in [-0.2, -0.15) is 0 Å². The van der Waals surface area contributed by atoms with E-state index in [2.05, 4.69) is 10.6 Å². The van der Waals surface area contributed by atoms with E-state index in [9.17, 15) is 9.59 Å². The smallest absolute Gasteiger partial charge is 0.251 e. The molecular weight excluding hydrogens is 338 g/mol. The molecule has 27 heavy (non-hydrogen) atoms. The number of hydrogen-bond donors (Lipinski definition) is 2. The molecule has 2 unspecified atom stereocenters. The minimum atomic E-state index is -0.346. The van der Waals surface area contributed by atoms with Gasteiger partial charge in [0.2, 0.25) is 5.91 Å². The molecule has 142 valence electrons. The van der Waals surface area contributed by atoms with Crippen LogP contribution >= 0.6 is 0 Å². The largest absolute Gasteiger partial charge is 0.345 e. The lowest BCUT2D eigenvalue weighted by Gasteiger charge is -2.33. The maximum Gasteiger partial charge on any atom is 0.251 e. The lowest BCUT2D eigenvalue weighted by molar-refractivity contribution is -0.133. The summed E-state index contributed by atoms with van der Waals surface area (Å²) >= 11 is 0. The van der Waals surface area contributed by atoms with Crippen molar-refractivity contribution in [3.63, 3.8) is 0 Å². The Balaban J connectivity index is 1.72. The van der Waals surface area contributed by atoms with Crippen LogP contribution in [0.25, 0.3) is 0 Å². The third kappa shape index (κ3) is 5.17. The highest BCUT2D eigenvalue weighted by Gasteiger charge is 2.26. The Morgan fingerprint density at radius 1 is 1.07 bits per heavy atom. The summed E-state index contributed by atoms with van der Waals surface area (Å²) in [5.74, 6) is -0.0823. The van der Waals surface area contributed by atoms with E-state index in [0.717, 1.165) is 31.5 Å². The van der Waals surface area contributed by atoms with Crippen molar-refractivity contribution in [2.75, 3.05) is 20.1 Å². The Morgan fingerprint density at radius 3 is 2.41 bits per heavy atom. The van der Waals surface area contributed by atoms with E-state index in [1.807, 2.05) is 60.5 Å². The summed E-state index contributed by atoms with van der Waals surface area (Å²) in [7, 11) is 1.94. The summed E-state index contributed by atoms with van der Waals surface area (Å²) in [6.07, 6.45) is 2.36. The van der Waals surface area contributed by atoms with E-state index in [1.165, 1.54) is 0 Å². The topological polar surface area (TPSA) is 61.4 Å². The first-order valence-electron chi connectivity index (χ1n) is 9.53. The molecule has 1 fully saturated rings. The van der Waals surface area contributed by atoms with Crippen molar-refractivity contribution in [1.82, 2.24) is 15.5 Å². The fraction of sp³-hybridized carbons (Fsp3) is 0.364. The zero-order valence-electron chi connectivity index (χ0n) is 15.7. The first kappa shape index (κ1) is 19.1. The van der Waals surface area contributed by atoms with Gasteiger partial charge >= 0.3 is 0 Å². The van der Waals surface area contributed by atoms with Crippen LogP contribution in [0.5, 0.6) is 0 Å². The van der Waals surface area contributed by atoms with Gasteiger partial charge in [0, 0.05) is 24.7 Å². The van der Waals surface area contributed by atoms with Crippen LogP contribution in [0.2, 0.25) is 0 Å². The molecule has 2 amide bonds. The summed E-state index contributed by atoms with van der Waals surface area (Å²) < 4.78 is 0. The molecule has 1 heterocycles. The highest BCUT2D eigenvalue weighted by molar-refractivity contribution is 5.94. The maximum atomic E-state index is 12.9. The third-order valence-electron chi connectivity index (χ3n) is 5.10. The van der Waals surface area contributed by atoms with Crippen molar-refractivity contribution >= 4 is 11.8 Å². The molecule has 0 aromatic heterocycles. The van der Waals surface area contributed by atoms with Crippen molar-refractivity contribution in [3.05, 3.63) is 71.8 Å². The van der Waals surface area contributed by atoms with Gasteiger partial charge in [0.1, 0.15) is 0 Å². The van der Waals surface area contributed by atoms with Crippen molar-refractivity contribution in [1.29, 1.82) is 0 Å². The predicted molar refractivity (Wildman–Crippen MR) is 106 cm³/mol. The molecule has 2 N–H and O–H groups in total. The summed E-state index contributed by atoms with van der Waals surface area (Å²) in [5, 5.41) is 6.31. The first-order valence-corrected chi connectivity index (χ1v) is 9.53. The van der Waals surface area contributed by atoms with Crippen LogP contribution in [0, 0.1) is 0 Å². The molecule has 1 aliphatic heterocycles. The van der Waals surface area contributed by atoms with Gasteiger partial charge in [-0.1, -0.05) is 48.5 Å². The van der Waals surface area contributed by atoms with Crippen molar-refractivity contribution in [2.45, 2.75) is 31.3 Å². The van der Waals surface area contributed by atoms with E-state index in [1.54, 1.807) is 12.1 Å². The zero-order valence-corrected chi connectivity index (χ0v) is 15.7. The summed E-state index contributed by atoms with van der Waals surface area (Å²) in [4.78, 5) is 27.5. The minimum absolute atomic E-state index is 0.0807. The molecule has 0 radical (unpaired) electrons. The molecule has 0 saturated carbocycles. The van der Waals surface area contributed by atoms with Crippen LogP contribution in [-0.2, 0) is 4.79 Å². The quantitative estimate of drug-likeness (QED) is 0.827. The van der Waals surface area contributed by atoms with E-state index < -0.39 is 0 Å². The fourth-order valence-electron chi connectivity index (χ4n) is 3.51. The van der Waals surface area contributed by atoms with E-state index in [4.69, 9.17) is 0 Å². The number of amides is 2. The highest BCUT2D eigenvalue weighted by Crippen LogP contribution is 2.20. The number of nitrogens with zero attached hydrogens (tertiary/aromatic N) is 1. The molecule has 5 nitrogen and oxygen atoms in total.